The molecule has 0 aromatic rings. The molecule has 0 saturated heterocycles. The van der Waals surface area contributed by atoms with Gasteiger partial charge in [0.05, 0.1) is 0 Å². The molecular weight excluding hydrogens is 208 g/mol. The van der Waals surface area contributed by atoms with Gasteiger partial charge < -0.3 is 10.6 Å². The summed E-state index contributed by atoms with van der Waals surface area (Å²) in [5, 5.41) is 0. The lowest BCUT2D eigenvalue weighted by Gasteiger charge is -2.27. The van der Waals surface area contributed by atoms with E-state index in [2.05, 4.69) is 46.6 Å². The lowest BCUT2D eigenvalue weighted by molar-refractivity contribution is 0.214. The van der Waals surface area contributed by atoms with Crippen molar-refractivity contribution in [2.45, 2.75) is 53.9 Å². The first-order valence-electron chi connectivity index (χ1n) is 7.15. The van der Waals surface area contributed by atoms with Crippen molar-refractivity contribution < 1.29 is 0 Å². The minimum absolute atomic E-state index is 0.406. The largest absolute Gasteiger partial charge is 0.330 e. The van der Waals surface area contributed by atoms with Crippen LogP contribution in [0.2, 0.25) is 0 Å². The van der Waals surface area contributed by atoms with Gasteiger partial charge in [0.1, 0.15) is 0 Å². The molecule has 0 aromatic carbocycles. The number of nitrogens with zero attached hydrogens (tertiary/aromatic N) is 1. The zero-order valence-corrected chi connectivity index (χ0v) is 12.9. The van der Waals surface area contributed by atoms with Crippen LogP contribution in [-0.2, 0) is 0 Å². The monoisotopic (exact) mass is 242 g/mol. The van der Waals surface area contributed by atoms with Crippen LogP contribution in [0.1, 0.15) is 53.9 Å². The Morgan fingerprint density at radius 2 is 1.71 bits per heavy atom. The van der Waals surface area contributed by atoms with E-state index in [4.69, 9.17) is 5.73 Å². The Bertz CT molecular complexity index is 182. The number of hydrogen-bond donors (Lipinski definition) is 1. The third kappa shape index (κ3) is 9.61. The molecule has 0 amide bonds. The van der Waals surface area contributed by atoms with Crippen LogP contribution in [0.5, 0.6) is 0 Å². The third-order valence-corrected chi connectivity index (χ3v) is 3.34. The Kier molecular flexibility index (Phi) is 8.06. The normalized spacial score (nSPS) is 14.6. The molecular formula is C15H34N2. The summed E-state index contributed by atoms with van der Waals surface area (Å²) in [7, 11) is 2.23. The van der Waals surface area contributed by atoms with Gasteiger partial charge in [-0.3, -0.25) is 0 Å². The zero-order valence-electron chi connectivity index (χ0n) is 12.9. The molecule has 2 N–H and O–H groups in total. The molecule has 1 atom stereocenters. The van der Waals surface area contributed by atoms with Gasteiger partial charge >= 0.3 is 0 Å². The van der Waals surface area contributed by atoms with E-state index in [-0.39, 0.29) is 0 Å². The second-order valence-corrected chi connectivity index (χ2v) is 7.02. The molecule has 0 aromatic heterocycles. The highest BCUT2D eigenvalue weighted by Crippen LogP contribution is 2.21. The molecule has 0 radical (unpaired) electrons. The van der Waals surface area contributed by atoms with Crippen LogP contribution >= 0.6 is 0 Å². The van der Waals surface area contributed by atoms with Crippen LogP contribution in [0.3, 0.4) is 0 Å². The zero-order chi connectivity index (χ0) is 13.5. The van der Waals surface area contributed by atoms with Crippen LogP contribution in [0.25, 0.3) is 0 Å². The first-order chi connectivity index (χ1) is 7.76. The fourth-order valence-corrected chi connectivity index (χ4v) is 2.54. The van der Waals surface area contributed by atoms with E-state index in [0.29, 0.717) is 5.41 Å². The van der Waals surface area contributed by atoms with Crippen LogP contribution in [0.15, 0.2) is 0 Å². The molecule has 0 heterocycles. The van der Waals surface area contributed by atoms with Gasteiger partial charge in [0.25, 0.3) is 0 Å². The van der Waals surface area contributed by atoms with Gasteiger partial charge in [-0.15, -0.1) is 0 Å². The molecule has 2 heteroatoms. The average molecular weight is 242 g/mol. The third-order valence-electron chi connectivity index (χ3n) is 3.34. The summed E-state index contributed by atoms with van der Waals surface area (Å²) in [6.45, 7) is 14.8. The Morgan fingerprint density at radius 1 is 1.12 bits per heavy atom. The van der Waals surface area contributed by atoms with E-state index in [1.807, 2.05) is 0 Å². The molecule has 0 rings (SSSR count). The van der Waals surface area contributed by atoms with Gasteiger partial charge in [-0.05, 0) is 56.7 Å². The predicted octanol–water partition coefficient (Wildman–Crippen LogP) is 3.37. The molecule has 1 unspecified atom stereocenters. The fourth-order valence-electron chi connectivity index (χ4n) is 2.54. The Morgan fingerprint density at radius 3 is 2.12 bits per heavy atom. The number of hydrogen-bond acceptors (Lipinski definition) is 2. The smallest absolute Gasteiger partial charge is 0.00270 e. The van der Waals surface area contributed by atoms with Crippen LogP contribution in [-0.4, -0.2) is 31.6 Å². The van der Waals surface area contributed by atoms with Crippen LogP contribution < -0.4 is 5.73 Å². The molecule has 17 heavy (non-hydrogen) atoms. The first kappa shape index (κ1) is 16.9. The Balaban J connectivity index is 3.80. The second kappa shape index (κ2) is 8.10. The minimum atomic E-state index is 0.406. The van der Waals surface area contributed by atoms with Gasteiger partial charge in [0, 0.05) is 6.54 Å². The highest BCUT2D eigenvalue weighted by molar-refractivity contribution is 4.68. The topological polar surface area (TPSA) is 29.3 Å². The van der Waals surface area contributed by atoms with E-state index in [1.54, 1.807) is 0 Å². The van der Waals surface area contributed by atoms with Crippen molar-refractivity contribution >= 4 is 0 Å². The molecule has 0 aliphatic heterocycles. The maximum atomic E-state index is 5.67. The molecule has 0 fully saturated rings. The van der Waals surface area contributed by atoms with E-state index >= 15 is 0 Å². The molecule has 0 aliphatic rings. The van der Waals surface area contributed by atoms with Gasteiger partial charge in [0.15, 0.2) is 0 Å². The second-order valence-electron chi connectivity index (χ2n) is 7.02. The Labute approximate surface area is 109 Å². The highest BCUT2D eigenvalue weighted by Gasteiger charge is 2.15. The van der Waals surface area contributed by atoms with E-state index in [0.717, 1.165) is 18.4 Å². The summed E-state index contributed by atoms with van der Waals surface area (Å²) in [6, 6.07) is 0. The maximum absolute atomic E-state index is 5.67. The van der Waals surface area contributed by atoms with Crippen molar-refractivity contribution in [3.63, 3.8) is 0 Å². The van der Waals surface area contributed by atoms with Crippen molar-refractivity contribution in [2.24, 2.45) is 23.0 Å². The molecule has 0 saturated carbocycles. The summed E-state index contributed by atoms with van der Waals surface area (Å²) in [5.74, 6) is 1.58. The van der Waals surface area contributed by atoms with Gasteiger partial charge in [-0.2, -0.15) is 0 Å². The molecule has 0 spiro atoms. The summed E-state index contributed by atoms with van der Waals surface area (Å²) < 4.78 is 0. The standard InChI is InChI=1S/C15H34N2/c1-13(2)14(9-10-16)8-7-11-17(6)12-15(3,4)5/h13-14H,7-12,16H2,1-6H3. The van der Waals surface area contributed by atoms with Crippen molar-refractivity contribution in [3.05, 3.63) is 0 Å². The van der Waals surface area contributed by atoms with Gasteiger partial charge in [0.2, 0.25) is 0 Å². The molecule has 2 nitrogen and oxygen atoms in total. The first-order valence-corrected chi connectivity index (χ1v) is 7.15. The number of nitrogens with two attached hydrogens (primary N) is 1. The summed E-state index contributed by atoms with van der Waals surface area (Å²) in [6.07, 6.45) is 3.80. The highest BCUT2D eigenvalue weighted by atomic mass is 15.1. The van der Waals surface area contributed by atoms with Crippen molar-refractivity contribution in [3.8, 4) is 0 Å². The van der Waals surface area contributed by atoms with Gasteiger partial charge in [-0.25, -0.2) is 0 Å². The number of rotatable bonds is 8. The molecule has 0 bridgehead atoms. The van der Waals surface area contributed by atoms with E-state index < -0.39 is 0 Å². The lowest BCUT2D eigenvalue weighted by atomic mass is 9.88. The van der Waals surface area contributed by atoms with Crippen LogP contribution in [0, 0.1) is 17.3 Å². The average Bonchev–Trinajstić information content (AvgIpc) is 2.13. The minimum Gasteiger partial charge on any atom is -0.330 e. The Hall–Kier alpha value is -0.0800. The summed E-state index contributed by atoms with van der Waals surface area (Å²) in [5.41, 5.74) is 6.08. The lowest BCUT2D eigenvalue weighted by Crippen LogP contribution is -2.30. The molecule has 104 valence electrons. The summed E-state index contributed by atoms with van der Waals surface area (Å²) in [4.78, 5) is 2.46. The van der Waals surface area contributed by atoms with Crippen LogP contribution in [0.4, 0.5) is 0 Å². The molecule has 0 aliphatic carbocycles. The van der Waals surface area contributed by atoms with E-state index in [1.165, 1.54) is 32.4 Å². The van der Waals surface area contributed by atoms with Crippen molar-refractivity contribution in [2.75, 3.05) is 26.7 Å². The van der Waals surface area contributed by atoms with Crippen molar-refractivity contribution in [1.82, 2.24) is 4.90 Å². The maximum Gasteiger partial charge on any atom is 0.00270 e. The van der Waals surface area contributed by atoms with Crippen molar-refractivity contribution in [1.29, 1.82) is 0 Å². The van der Waals surface area contributed by atoms with Gasteiger partial charge in [-0.1, -0.05) is 34.6 Å². The predicted molar refractivity (Wildman–Crippen MR) is 78.2 cm³/mol. The summed E-state index contributed by atoms with van der Waals surface area (Å²) >= 11 is 0. The quantitative estimate of drug-likeness (QED) is 0.707. The fraction of sp³-hybridized carbons (Fsp3) is 1.00. The SMILES string of the molecule is CC(C)C(CCN)CCCN(C)CC(C)(C)C. The van der Waals surface area contributed by atoms with E-state index in [9.17, 15) is 0 Å².